The molecule has 0 heterocycles. The lowest BCUT2D eigenvalue weighted by atomic mass is 10.3. The molecule has 1 fully saturated rings. The van der Waals surface area contributed by atoms with E-state index in [0.717, 1.165) is 10.2 Å². The van der Waals surface area contributed by atoms with Gasteiger partial charge in [-0.25, -0.2) is 0 Å². The Balaban J connectivity index is 1.86. The van der Waals surface area contributed by atoms with Crippen molar-refractivity contribution < 1.29 is 4.79 Å². The van der Waals surface area contributed by atoms with Crippen LogP contribution in [-0.2, 0) is 4.79 Å². The van der Waals surface area contributed by atoms with Crippen molar-refractivity contribution in [3.05, 3.63) is 27.7 Å². The first-order valence-corrected chi connectivity index (χ1v) is 6.30. The molecule has 0 atom stereocenters. The highest BCUT2D eigenvalue weighted by Crippen LogP contribution is 2.25. The molecular weight excluding hydrogens is 291 g/mol. The van der Waals surface area contributed by atoms with Crippen LogP contribution in [0, 0.1) is 0 Å². The molecule has 0 aliphatic heterocycles. The summed E-state index contributed by atoms with van der Waals surface area (Å²) in [4.78, 5) is 11.5. The van der Waals surface area contributed by atoms with E-state index in [1.54, 1.807) is 18.2 Å². The van der Waals surface area contributed by atoms with Crippen molar-refractivity contribution in [1.29, 1.82) is 0 Å². The molecule has 0 radical (unpaired) electrons. The summed E-state index contributed by atoms with van der Waals surface area (Å²) in [5.74, 6) is -0.0267. The fourth-order valence-electron chi connectivity index (χ4n) is 1.30. The topological polar surface area (TPSA) is 41.1 Å². The van der Waals surface area contributed by atoms with Gasteiger partial charge in [0.2, 0.25) is 5.91 Å². The van der Waals surface area contributed by atoms with E-state index in [1.165, 1.54) is 12.8 Å². The van der Waals surface area contributed by atoms with Crippen molar-refractivity contribution in [3.8, 4) is 0 Å². The highest BCUT2D eigenvalue weighted by atomic mass is 79.9. The number of halogens is 2. The van der Waals surface area contributed by atoms with E-state index in [4.69, 9.17) is 11.6 Å². The second-order valence-corrected chi connectivity index (χ2v) is 5.09. The number of carbonyl (C=O) groups excluding carboxylic acids is 1. The summed E-state index contributed by atoms with van der Waals surface area (Å²) < 4.78 is 0.780. The fourth-order valence-corrected chi connectivity index (χ4v) is 1.80. The number of carbonyl (C=O) groups is 1. The minimum absolute atomic E-state index is 0.0267. The first-order valence-electron chi connectivity index (χ1n) is 5.13. The number of rotatable bonds is 4. The molecule has 1 aliphatic carbocycles. The molecular formula is C11H12BrClN2O. The molecule has 3 nitrogen and oxygen atoms in total. The van der Waals surface area contributed by atoms with Gasteiger partial charge in [-0.3, -0.25) is 4.79 Å². The largest absolute Gasteiger partial charge is 0.325 e. The summed E-state index contributed by atoms with van der Waals surface area (Å²) in [6.07, 6.45) is 2.36. The summed E-state index contributed by atoms with van der Waals surface area (Å²) in [6, 6.07) is 5.86. The van der Waals surface area contributed by atoms with Gasteiger partial charge in [0.1, 0.15) is 0 Å². The van der Waals surface area contributed by atoms with Crippen LogP contribution >= 0.6 is 27.5 Å². The van der Waals surface area contributed by atoms with Crippen molar-refractivity contribution >= 4 is 39.1 Å². The van der Waals surface area contributed by atoms with Crippen molar-refractivity contribution in [2.24, 2.45) is 0 Å². The molecule has 1 saturated carbocycles. The number of benzene rings is 1. The molecule has 0 aromatic heterocycles. The Kier molecular flexibility index (Phi) is 3.84. The van der Waals surface area contributed by atoms with Gasteiger partial charge in [-0.2, -0.15) is 0 Å². The Bertz CT molecular complexity index is 407. The Morgan fingerprint density at radius 3 is 2.88 bits per heavy atom. The highest BCUT2D eigenvalue weighted by molar-refractivity contribution is 9.10. The Morgan fingerprint density at radius 2 is 2.25 bits per heavy atom. The smallest absolute Gasteiger partial charge is 0.238 e. The first-order chi connectivity index (χ1) is 7.65. The van der Waals surface area contributed by atoms with Crippen molar-refractivity contribution in [1.82, 2.24) is 5.32 Å². The second-order valence-electron chi connectivity index (χ2n) is 3.83. The molecule has 0 bridgehead atoms. The van der Waals surface area contributed by atoms with Gasteiger partial charge < -0.3 is 10.6 Å². The standard InChI is InChI=1S/C11H12BrClN2O/c12-9-5-8(3-4-10(9)13)15-11(16)6-14-7-1-2-7/h3-5,7,14H,1-2,6H2,(H,15,16). The van der Waals surface area contributed by atoms with Crippen LogP contribution in [0.3, 0.4) is 0 Å². The van der Waals surface area contributed by atoms with Crippen LogP contribution in [0.5, 0.6) is 0 Å². The molecule has 0 unspecified atom stereocenters. The summed E-state index contributed by atoms with van der Waals surface area (Å²) in [5, 5.41) is 6.59. The quantitative estimate of drug-likeness (QED) is 0.898. The third-order valence-corrected chi connectivity index (χ3v) is 3.55. The van der Waals surface area contributed by atoms with E-state index in [1.807, 2.05) is 0 Å². The maximum Gasteiger partial charge on any atom is 0.238 e. The maximum atomic E-state index is 11.5. The minimum atomic E-state index is -0.0267. The SMILES string of the molecule is O=C(CNC1CC1)Nc1ccc(Cl)c(Br)c1. The van der Waals surface area contributed by atoms with Gasteiger partial charge in [0, 0.05) is 16.2 Å². The lowest BCUT2D eigenvalue weighted by Gasteiger charge is -2.06. The molecule has 5 heteroatoms. The van der Waals surface area contributed by atoms with Gasteiger partial charge in [0.15, 0.2) is 0 Å². The normalized spacial score (nSPS) is 14.9. The molecule has 1 amide bonds. The van der Waals surface area contributed by atoms with E-state index < -0.39 is 0 Å². The molecule has 86 valence electrons. The molecule has 16 heavy (non-hydrogen) atoms. The first kappa shape index (κ1) is 11.9. The fraction of sp³-hybridized carbons (Fsp3) is 0.364. The molecule has 0 spiro atoms. The van der Waals surface area contributed by atoms with E-state index in [9.17, 15) is 4.79 Å². The van der Waals surface area contributed by atoms with Crippen LogP contribution < -0.4 is 10.6 Å². The van der Waals surface area contributed by atoms with Crippen molar-refractivity contribution in [2.45, 2.75) is 18.9 Å². The molecule has 1 aromatic carbocycles. The van der Waals surface area contributed by atoms with Crippen LogP contribution in [0.4, 0.5) is 5.69 Å². The van der Waals surface area contributed by atoms with Gasteiger partial charge in [0.25, 0.3) is 0 Å². The Morgan fingerprint density at radius 1 is 1.50 bits per heavy atom. The van der Waals surface area contributed by atoms with Crippen LogP contribution in [0.15, 0.2) is 22.7 Å². The van der Waals surface area contributed by atoms with Gasteiger partial charge in [-0.1, -0.05) is 11.6 Å². The summed E-state index contributed by atoms with van der Waals surface area (Å²) in [6.45, 7) is 0.366. The Labute approximate surface area is 108 Å². The average molecular weight is 304 g/mol. The lowest BCUT2D eigenvalue weighted by Crippen LogP contribution is -2.29. The zero-order chi connectivity index (χ0) is 11.5. The highest BCUT2D eigenvalue weighted by Gasteiger charge is 2.21. The lowest BCUT2D eigenvalue weighted by molar-refractivity contribution is -0.115. The third kappa shape index (κ3) is 3.47. The van der Waals surface area contributed by atoms with Gasteiger partial charge in [-0.05, 0) is 47.0 Å². The average Bonchev–Trinajstić information content (AvgIpc) is 3.04. The summed E-state index contributed by atoms with van der Waals surface area (Å²) in [7, 11) is 0. The van der Waals surface area contributed by atoms with E-state index in [-0.39, 0.29) is 5.91 Å². The summed E-state index contributed by atoms with van der Waals surface area (Å²) >= 11 is 9.17. The predicted octanol–water partition coefficient (Wildman–Crippen LogP) is 2.79. The number of amides is 1. The van der Waals surface area contributed by atoms with Gasteiger partial charge in [-0.15, -0.1) is 0 Å². The number of anilines is 1. The van der Waals surface area contributed by atoms with Crippen LogP contribution in [0.2, 0.25) is 5.02 Å². The van der Waals surface area contributed by atoms with E-state index >= 15 is 0 Å². The van der Waals surface area contributed by atoms with Gasteiger partial charge >= 0.3 is 0 Å². The predicted molar refractivity (Wildman–Crippen MR) is 68.8 cm³/mol. The van der Waals surface area contributed by atoms with Crippen molar-refractivity contribution in [2.75, 3.05) is 11.9 Å². The molecule has 1 aromatic rings. The molecule has 1 aliphatic rings. The number of hydrogen-bond donors (Lipinski definition) is 2. The number of hydrogen-bond acceptors (Lipinski definition) is 2. The maximum absolute atomic E-state index is 11.5. The van der Waals surface area contributed by atoms with Crippen molar-refractivity contribution in [3.63, 3.8) is 0 Å². The molecule has 2 rings (SSSR count). The van der Waals surface area contributed by atoms with Crippen LogP contribution in [0.25, 0.3) is 0 Å². The third-order valence-electron chi connectivity index (χ3n) is 2.33. The molecule has 2 N–H and O–H groups in total. The van der Waals surface area contributed by atoms with Crippen LogP contribution in [0.1, 0.15) is 12.8 Å². The molecule has 0 saturated heterocycles. The zero-order valence-electron chi connectivity index (χ0n) is 8.59. The van der Waals surface area contributed by atoms with Crippen LogP contribution in [-0.4, -0.2) is 18.5 Å². The minimum Gasteiger partial charge on any atom is -0.325 e. The summed E-state index contributed by atoms with van der Waals surface area (Å²) in [5.41, 5.74) is 0.749. The van der Waals surface area contributed by atoms with E-state index in [2.05, 4.69) is 26.6 Å². The second kappa shape index (κ2) is 5.17. The Hall–Kier alpha value is -0.580. The van der Waals surface area contributed by atoms with Gasteiger partial charge in [0.05, 0.1) is 11.6 Å². The monoisotopic (exact) mass is 302 g/mol. The van der Waals surface area contributed by atoms with E-state index in [0.29, 0.717) is 17.6 Å². The number of nitrogens with one attached hydrogen (secondary N) is 2. The zero-order valence-corrected chi connectivity index (χ0v) is 10.9.